The molecule has 0 saturated carbocycles. The highest BCUT2D eigenvalue weighted by atomic mass is 32.1. The summed E-state index contributed by atoms with van der Waals surface area (Å²) in [4.78, 5) is 0. The van der Waals surface area contributed by atoms with E-state index in [4.69, 9.17) is 0 Å². The molecule has 0 aliphatic heterocycles. The third-order valence-corrected chi connectivity index (χ3v) is 3.91. The van der Waals surface area contributed by atoms with E-state index < -0.39 is 0 Å². The molecule has 0 unspecified atom stereocenters. The Kier molecular flexibility index (Phi) is 2.34. The highest BCUT2D eigenvalue weighted by Crippen LogP contribution is 2.32. The molecule has 76 valence electrons. The number of aryl methyl sites for hydroxylation is 1. The van der Waals surface area contributed by atoms with Gasteiger partial charge in [0, 0.05) is 0 Å². The van der Waals surface area contributed by atoms with Crippen molar-refractivity contribution >= 4 is 11.3 Å². The van der Waals surface area contributed by atoms with Crippen molar-refractivity contribution in [2.45, 2.75) is 25.7 Å². The quantitative estimate of drug-likeness (QED) is 0.664. The Morgan fingerprint density at radius 2 is 1.93 bits per heavy atom. The van der Waals surface area contributed by atoms with Gasteiger partial charge in [0.25, 0.3) is 0 Å². The van der Waals surface area contributed by atoms with Crippen LogP contribution < -0.4 is 0 Å². The molecular formula is C14H14S. The van der Waals surface area contributed by atoms with Crippen LogP contribution in [0, 0.1) is 0 Å². The van der Waals surface area contributed by atoms with Crippen LogP contribution in [-0.2, 0) is 12.8 Å². The predicted octanol–water partition coefficient (Wildman–Crippen LogP) is 4.29. The lowest BCUT2D eigenvalue weighted by Crippen LogP contribution is -2.03. The Morgan fingerprint density at radius 3 is 2.80 bits per heavy atom. The average Bonchev–Trinajstić information content (AvgIpc) is 2.82. The van der Waals surface area contributed by atoms with Crippen LogP contribution >= 0.6 is 11.3 Å². The summed E-state index contributed by atoms with van der Waals surface area (Å²) in [6.07, 6.45) is 5.25. The summed E-state index contributed by atoms with van der Waals surface area (Å²) in [6, 6.07) is 9.00. The molecule has 3 rings (SSSR count). The lowest BCUT2D eigenvalue weighted by Gasteiger charge is -2.18. The maximum atomic E-state index is 2.30. The van der Waals surface area contributed by atoms with Crippen molar-refractivity contribution in [2.24, 2.45) is 0 Å². The molecule has 0 radical (unpaired) electrons. The van der Waals surface area contributed by atoms with Crippen LogP contribution in [0.25, 0.3) is 11.1 Å². The number of fused-ring (bicyclic) bond motifs is 1. The number of rotatable bonds is 1. The van der Waals surface area contributed by atoms with Crippen molar-refractivity contribution in [1.29, 1.82) is 0 Å². The van der Waals surface area contributed by atoms with Crippen LogP contribution in [0.2, 0.25) is 0 Å². The molecule has 2 aromatic rings. The van der Waals surface area contributed by atoms with Crippen molar-refractivity contribution in [2.75, 3.05) is 0 Å². The zero-order valence-electron chi connectivity index (χ0n) is 8.70. The van der Waals surface area contributed by atoms with Gasteiger partial charge in [0.1, 0.15) is 0 Å². The van der Waals surface area contributed by atoms with Gasteiger partial charge in [-0.15, -0.1) is 0 Å². The highest BCUT2D eigenvalue weighted by molar-refractivity contribution is 7.08. The van der Waals surface area contributed by atoms with Crippen molar-refractivity contribution in [3.8, 4) is 11.1 Å². The van der Waals surface area contributed by atoms with E-state index in [0.717, 1.165) is 0 Å². The Morgan fingerprint density at radius 1 is 1.00 bits per heavy atom. The first-order valence-electron chi connectivity index (χ1n) is 5.58. The summed E-state index contributed by atoms with van der Waals surface area (Å²) in [7, 11) is 0. The minimum Gasteiger partial charge on any atom is -0.152 e. The van der Waals surface area contributed by atoms with Gasteiger partial charge in [-0.25, -0.2) is 0 Å². The Balaban J connectivity index is 2.15. The summed E-state index contributed by atoms with van der Waals surface area (Å²) in [5.74, 6) is 0. The lowest BCUT2D eigenvalue weighted by atomic mass is 9.86. The molecule has 0 nitrogen and oxygen atoms in total. The van der Waals surface area contributed by atoms with Crippen LogP contribution in [0.5, 0.6) is 0 Å². The second-order valence-corrected chi connectivity index (χ2v) is 4.94. The van der Waals surface area contributed by atoms with Gasteiger partial charge in [0.15, 0.2) is 0 Å². The summed E-state index contributed by atoms with van der Waals surface area (Å²) in [5, 5.41) is 4.42. The fourth-order valence-electron chi connectivity index (χ4n) is 2.47. The Hall–Kier alpha value is -1.08. The van der Waals surface area contributed by atoms with Gasteiger partial charge < -0.3 is 0 Å². The minimum atomic E-state index is 1.27. The van der Waals surface area contributed by atoms with E-state index in [9.17, 15) is 0 Å². The number of hydrogen-bond donors (Lipinski definition) is 0. The summed E-state index contributed by atoms with van der Waals surface area (Å²) >= 11 is 1.79. The molecule has 1 heteroatoms. The van der Waals surface area contributed by atoms with E-state index in [1.165, 1.54) is 36.8 Å². The monoisotopic (exact) mass is 214 g/mol. The van der Waals surface area contributed by atoms with Gasteiger partial charge in [0.2, 0.25) is 0 Å². The SMILES string of the molecule is c1cc2c(c(-c3ccsc3)c1)CCCC2. The van der Waals surface area contributed by atoms with Crippen molar-refractivity contribution in [3.05, 3.63) is 46.2 Å². The van der Waals surface area contributed by atoms with E-state index in [0.29, 0.717) is 0 Å². The highest BCUT2D eigenvalue weighted by Gasteiger charge is 2.13. The standard InChI is InChI=1S/C14H14S/c1-2-6-13-11(4-1)5-3-7-14(13)12-8-9-15-10-12/h3,5,7-10H,1-2,4,6H2. The van der Waals surface area contributed by atoms with Gasteiger partial charge in [-0.3, -0.25) is 0 Å². The molecule has 1 heterocycles. The van der Waals surface area contributed by atoms with E-state index in [-0.39, 0.29) is 0 Å². The molecule has 1 aliphatic carbocycles. The molecular weight excluding hydrogens is 200 g/mol. The molecule has 0 bridgehead atoms. The molecule has 1 aromatic carbocycles. The van der Waals surface area contributed by atoms with Gasteiger partial charge >= 0.3 is 0 Å². The molecule has 1 aliphatic rings. The van der Waals surface area contributed by atoms with Gasteiger partial charge in [-0.05, 0) is 64.8 Å². The molecule has 15 heavy (non-hydrogen) atoms. The van der Waals surface area contributed by atoms with E-state index in [1.807, 2.05) is 0 Å². The predicted molar refractivity (Wildman–Crippen MR) is 66.4 cm³/mol. The molecule has 0 saturated heterocycles. The van der Waals surface area contributed by atoms with Crippen molar-refractivity contribution in [1.82, 2.24) is 0 Å². The molecule has 0 fully saturated rings. The number of thiophene rings is 1. The molecule has 0 amide bonds. The fraction of sp³-hybridized carbons (Fsp3) is 0.286. The second kappa shape index (κ2) is 3.82. The molecule has 0 spiro atoms. The van der Waals surface area contributed by atoms with Crippen LogP contribution in [0.15, 0.2) is 35.0 Å². The van der Waals surface area contributed by atoms with Gasteiger partial charge in [-0.1, -0.05) is 18.2 Å². The van der Waals surface area contributed by atoms with Gasteiger partial charge in [-0.2, -0.15) is 11.3 Å². The Labute approximate surface area is 94.6 Å². The maximum absolute atomic E-state index is 2.30. The topological polar surface area (TPSA) is 0 Å². The molecule has 0 N–H and O–H groups in total. The summed E-state index contributed by atoms with van der Waals surface area (Å²) in [5.41, 5.74) is 6.04. The first kappa shape index (κ1) is 9.17. The average molecular weight is 214 g/mol. The summed E-state index contributed by atoms with van der Waals surface area (Å²) < 4.78 is 0. The fourth-order valence-corrected chi connectivity index (χ4v) is 3.13. The van der Waals surface area contributed by atoms with E-state index in [2.05, 4.69) is 35.0 Å². The lowest BCUT2D eigenvalue weighted by molar-refractivity contribution is 0.687. The Bertz CT molecular complexity index is 454. The minimum absolute atomic E-state index is 1.27. The normalized spacial score (nSPS) is 14.9. The van der Waals surface area contributed by atoms with Gasteiger partial charge in [0.05, 0.1) is 0 Å². The van der Waals surface area contributed by atoms with E-state index >= 15 is 0 Å². The van der Waals surface area contributed by atoms with Crippen LogP contribution in [0.4, 0.5) is 0 Å². The van der Waals surface area contributed by atoms with Crippen molar-refractivity contribution in [3.63, 3.8) is 0 Å². The third-order valence-electron chi connectivity index (χ3n) is 3.23. The first-order chi connectivity index (χ1) is 7.45. The second-order valence-electron chi connectivity index (χ2n) is 4.16. The third kappa shape index (κ3) is 1.61. The van der Waals surface area contributed by atoms with E-state index in [1.54, 1.807) is 22.5 Å². The van der Waals surface area contributed by atoms with Crippen LogP contribution in [-0.4, -0.2) is 0 Å². The summed E-state index contributed by atoms with van der Waals surface area (Å²) in [6.45, 7) is 0. The largest absolute Gasteiger partial charge is 0.152 e. The first-order valence-corrected chi connectivity index (χ1v) is 6.53. The zero-order valence-corrected chi connectivity index (χ0v) is 9.52. The molecule has 0 atom stereocenters. The number of benzene rings is 1. The maximum Gasteiger partial charge on any atom is -0.00146 e. The van der Waals surface area contributed by atoms with Crippen molar-refractivity contribution < 1.29 is 0 Å². The smallest absolute Gasteiger partial charge is 0.00146 e. The molecule has 1 aromatic heterocycles. The van der Waals surface area contributed by atoms with Crippen LogP contribution in [0.1, 0.15) is 24.0 Å². The number of hydrogen-bond acceptors (Lipinski definition) is 1. The van der Waals surface area contributed by atoms with Crippen LogP contribution in [0.3, 0.4) is 0 Å². The zero-order chi connectivity index (χ0) is 10.1.